The second kappa shape index (κ2) is 6.14. The van der Waals surface area contributed by atoms with Gasteiger partial charge in [0.25, 0.3) is 0 Å². The molecule has 0 spiro atoms. The van der Waals surface area contributed by atoms with Gasteiger partial charge in [0.05, 0.1) is 22.5 Å². The van der Waals surface area contributed by atoms with E-state index in [9.17, 15) is 8.42 Å². The van der Waals surface area contributed by atoms with Gasteiger partial charge in [-0.2, -0.15) is 0 Å². The van der Waals surface area contributed by atoms with Crippen LogP contribution >= 0.6 is 0 Å². The largest absolute Gasteiger partial charge is 0.337 e. The van der Waals surface area contributed by atoms with Crippen molar-refractivity contribution in [3.8, 4) is 11.1 Å². The summed E-state index contributed by atoms with van der Waals surface area (Å²) in [7, 11) is -3.25. The zero-order valence-electron chi connectivity index (χ0n) is 15.2. The lowest BCUT2D eigenvalue weighted by atomic mass is 9.98. The van der Waals surface area contributed by atoms with E-state index in [-0.39, 0.29) is 0 Å². The Morgan fingerprint density at radius 1 is 0.929 bits per heavy atom. The number of sulfone groups is 1. The molecule has 4 aromatic rings. The first-order valence-electron chi connectivity index (χ1n) is 8.92. The normalized spacial score (nSPS) is 13.5. The molecule has 2 heterocycles. The molecule has 0 saturated carbocycles. The lowest BCUT2D eigenvalue weighted by Gasteiger charge is -2.08. The number of nitrogens with zero attached hydrogens (tertiary/aromatic N) is 2. The van der Waals surface area contributed by atoms with Crippen molar-refractivity contribution in [1.82, 2.24) is 9.97 Å². The van der Waals surface area contributed by atoms with Crippen LogP contribution in [0.25, 0.3) is 22.2 Å². The number of imidazole rings is 1. The molecule has 0 atom stereocenters. The maximum atomic E-state index is 11.9. The molecule has 0 saturated heterocycles. The van der Waals surface area contributed by atoms with Crippen LogP contribution in [-0.2, 0) is 16.4 Å². The van der Waals surface area contributed by atoms with E-state index in [0.717, 1.165) is 44.8 Å². The Hall–Kier alpha value is -3.25. The van der Waals surface area contributed by atoms with Gasteiger partial charge < -0.3 is 4.98 Å². The molecule has 6 heteroatoms. The number of hydrogen-bond donors (Lipinski definition) is 1. The summed E-state index contributed by atoms with van der Waals surface area (Å²) < 4.78 is 23.8. The van der Waals surface area contributed by atoms with Gasteiger partial charge in [-0.1, -0.05) is 36.4 Å². The number of H-pyrrole nitrogens is 1. The van der Waals surface area contributed by atoms with Crippen molar-refractivity contribution < 1.29 is 8.42 Å². The molecule has 0 aliphatic carbocycles. The van der Waals surface area contributed by atoms with E-state index in [0.29, 0.717) is 11.4 Å². The molecule has 1 N–H and O–H groups in total. The smallest absolute Gasteiger partial charge is 0.175 e. The first kappa shape index (κ1) is 16.9. The standard InChI is InChI=1S/C22H17N3O2S/c1-28(26,27)17-6-4-5-14(11-17)15-9-10-16-13-23-21(18(16)12-15)22-24-19-7-2-3-8-20(19)25-22/h2-12H,13H2,1H3,(H,24,25). The van der Waals surface area contributed by atoms with Crippen LogP contribution < -0.4 is 0 Å². The van der Waals surface area contributed by atoms with E-state index < -0.39 is 9.84 Å². The second-order valence-corrected chi connectivity index (χ2v) is 8.96. The number of aromatic amines is 1. The molecule has 0 amide bonds. The molecule has 5 nitrogen and oxygen atoms in total. The predicted molar refractivity (Wildman–Crippen MR) is 110 cm³/mol. The Labute approximate surface area is 162 Å². The van der Waals surface area contributed by atoms with Crippen LogP contribution in [0.1, 0.15) is 17.0 Å². The van der Waals surface area contributed by atoms with Gasteiger partial charge in [0, 0.05) is 11.8 Å². The fourth-order valence-electron chi connectivity index (χ4n) is 3.54. The minimum absolute atomic E-state index is 0.316. The van der Waals surface area contributed by atoms with E-state index >= 15 is 0 Å². The van der Waals surface area contributed by atoms with Crippen molar-refractivity contribution in [1.29, 1.82) is 0 Å². The monoisotopic (exact) mass is 387 g/mol. The highest BCUT2D eigenvalue weighted by atomic mass is 32.2. The molecule has 0 bridgehead atoms. The molecule has 138 valence electrons. The topological polar surface area (TPSA) is 75.2 Å². The van der Waals surface area contributed by atoms with Crippen LogP contribution in [0.4, 0.5) is 0 Å². The molecule has 3 aromatic carbocycles. The van der Waals surface area contributed by atoms with Crippen molar-refractivity contribution in [2.24, 2.45) is 4.99 Å². The average Bonchev–Trinajstić information content (AvgIpc) is 3.30. The Kier molecular flexibility index (Phi) is 3.70. The Bertz CT molecular complexity index is 1330. The molecule has 1 aromatic heterocycles. The summed E-state index contributed by atoms with van der Waals surface area (Å²) in [5.41, 5.74) is 6.71. The molecule has 28 heavy (non-hydrogen) atoms. The summed E-state index contributed by atoms with van der Waals surface area (Å²) >= 11 is 0. The van der Waals surface area contributed by atoms with Crippen LogP contribution in [-0.4, -0.2) is 30.4 Å². The van der Waals surface area contributed by atoms with Crippen molar-refractivity contribution in [3.63, 3.8) is 0 Å². The van der Waals surface area contributed by atoms with Gasteiger partial charge >= 0.3 is 0 Å². The minimum atomic E-state index is -3.25. The Morgan fingerprint density at radius 2 is 1.75 bits per heavy atom. The van der Waals surface area contributed by atoms with Crippen LogP contribution in [0.3, 0.4) is 0 Å². The number of aromatic nitrogens is 2. The first-order chi connectivity index (χ1) is 13.5. The SMILES string of the molecule is CS(=O)(=O)c1cccc(-c2ccc3c(c2)C(c2nc4ccccc4[nH]2)=NC3)c1. The first-order valence-corrected chi connectivity index (χ1v) is 10.8. The quantitative estimate of drug-likeness (QED) is 0.578. The number of rotatable bonds is 3. The summed E-state index contributed by atoms with van der Waals surface area (Å²) in [5.74, 6) is 0.752. The van der Waals surface area contributed by atoms with Gasteiger partial charge in [0.1, 0.15) is 5.71 Å². The lowest BCUT2D eigenvalue weighted by Crippen LogP contribution is -2.03. The lowest BCUT2D eigenvalue weighted by molar-refractivity contribution is 0.602. The molecular formula is C22H17N3O2S. The van der Waals surface area contributed by atoms with Crippen LogP contribution in [0, 0.1) is 0 Å². The van der Waals surface area contributed by atoms with Gasteiger partial charge in [0.15, 0.2) is 15.7 Å². The van der Waals surface area contributed by atoms with Crippen LogP contribution in [0.2, 0.25) is 0 Å². The third-order valence-electron chi connectivity index (χ3n) is 4.98. The van der Waals surface area contributed by atoms with Gasteiger partial charge in [-0.25, -0.2) is 13.4 Å². The molecule has 0 unspecified atom stereocenters. The summed E-state index contributed by atoms with van der Waals surface area (Å²) in [5, 5.41) is 0. The van der Waals surface area contributed by atoms with E-state index in [4.69, 9.17) is 0 Å². The Balaban J connectivity index is 1.59. The van der Waals surface area contributed by atoms with Crippen molar-refractivity contribution in [2.75, 3.05) is 6.26 Å². The van der Waals surface area contributed by atoms with E-state index in [2.05, 4.69) is 27.1 Å². The van der Waals surface area contributed by atoms with E-state index in [1.165, 1.54) is 6.26 Å². The van der Waals surface area contributed by atoms with Gasteiger partial charge in [-0.15, -0.1) is 0 Å². The number of nitrogens with one attached hydrogen (secondary N) is 1. The summed E-state index contributed by atoms with van der Waals surface area (Å²) in [6, 6.07) is 21.1. The third-order valence-corrected chi connectivity index (χ3v) is 6.09. The summed E-state index contributed by atoms with van der Waals surface area (Å²) in [6.45, 7) is 0.616. The summed E-state index contributed by atoms with van der Waals surface area (Å²) in [6.07, 6.45) is 1.22. The summed E-state index contributed by atoms with van der Waals surface area (Å²) in [4.78, 5) is 13.0. The fraction of sp³-hybridized carbons (Fsp3) is 0.0909. The third kappa shape index (κ3) is 2.82. The van der Waals surface area contributed by atoms with Crippen molar-refractivity contribution in [2.45, 2.75) is 11.4 Å². The molecular weight excluding hydrogens is 370 g/mol. The predicted octanol–water partition coefficient (Wildman–Crippen LogP) is 3.98. The average molecular weight is 387 g/mol. The second-order valence-electron chi connectivity index (χ2n) is 6.94. The maximum absolute atomic E-state index is 11.9. The number of aliphatic imine (C=N–C) groups is 1. The van der Waals surface area contributed by atoms with E-state index in [1.807, 2.05) is 36.4 Å². The zero-order valence-corrected chi connectivity index (χ0v) is 16.0. The molecule has 0 fully saturated rings. The maximum Gasteiger partial charge on any atom is 0.175 e. The van der Waals surface area contributed by atoms with Crippen molar-refractivity contribution in [3.05, 3.63) is 83.7 Å². The highest BCUT2D eigenvalue weighted by Crippen LogP contribution is 2.29. The van der Waals surface area contributed by atoms with Crippen LogP contribution in [0.15, 0.2) is 76.6 Å². The molecule has 5 rings (SSSR count). The zero-order chi connectivity index (χ0) is 19.3. The van der Waals surface area contributed by atoms with Gasteiger partial charge in [-0.3, -0.25) is 4.99 Å². The fourth-order valence-corrected chi connectivity index (χ4v) is 4.20. The molecule has 0 radical (unpaired) electrons. The number of fused-ring (bicyclic) bond motifs is 2. The Morgan fingerprint density at radius 3 is 2.57 bits per heavy atom. The molecule has 1 aliphatic rings. The number of benzene rings is 3. The van der Waals surface area contributed by atoms with Crippen molar-refractivity contribution >= 4 is 26.6 Å². The number of hydrogen-bond acceptors (Lipinski definition) is 4. The van der Waals surface area contributed by atoms with Gasteiger partial charge in [0.2, 0.25) is 0 Å². The van der Waals surface area contributed by atoms with Crippen LogP contribution in [0.5, 0.6) is 0 Å². The number of para-hydroxylation sites is 2. The molecule has 1 aliphatic heterocycles. The van der Waals surface area contributed by atoms with Gasteiger partial charge in [-0.05, 0) is 47.0 Å². The highest BCUT2D eigenvalue weighted by molar-refractivity contribution is 7.90. The van der Waals surface area contributed by atoms with E-state index in [1.54, 1.807) is 18.2 Å². The highest BCUT2D eigenvalue weighted by Gasteiger charge is 2.21. The minimum Gasteiger partial charge on any atom is -0.337 e.